The van der Waals surface area contributed by atoms with Gasteiger partial charge in [-0.2, -0.15) is 0 Å². The first-order chi connectivity index (χ1) is 13.3. The van der Waals surface area contributed by atoms with Crippen LogP contribution in [0.15, 0.2) is 30.3 Å². The average molecular weight is 384 g/mol. The topological polar surface area (TPSA) is 65.9 Å². The Balaban J connectivity index is 1.69. The summed E-state index contributed by atoms with van der Waals surface area (Å²) in [7, 11) is 3.34. The maximum atomic E-state index is 12.8. The average Bonchev–Trinajstić information content (AvgIpc) is 2.99. The van der Waals surface area contributed by atoms with Crippen LogP contribution in [0.1, 0.15) is 19.0 Å². The summed E-state index contributed by atoms with van der Waals surface area (Å²) in [6.45, 7) is 5.20. The van der Waals surface area contributed by atoms with E-state index in [9.17, 15) is 14.4 Å². The second-order valence-corrected chi connectivity index (χ2v) is 7.55. The molecule has 0 aliphatic carbocycles. The minimum atomic E-state index is -0.612. The van der Waals surface area contributed by atoms with E-state index < -0.39 is 6.04 Å². The third-order valence-corrected chi connectivity index (χ3v) is 5.43. The Bertz CT molecular complexity index is 902. The molecule has 3 amide bonds. The van der Waals surface area contributed by atoms with Gasteiger partial charge >= 0.3 is 0 Å². The molecule has 1 unspecified atom stereocenters. The highest BCUT2D eigenvalue weighted by Crippen LogP contribution is 2.20. The van der Waals surface area contributed by atoms with E-state index in [2.05, 4.69) is 22.8 Å². The Morgan fingerprint density at radius 1 is 1.14 bits per heavy atom. The summed E-state index contributed by atoms with van der Waals surface area (Å²) in [6.07, 6.45) is 0.364. The number of nitrogens with zero attached hydrogens (tertiary/aromatic N) is 4. The lowest BCUT2D eigenvalue weighted by atomic mass is 10.1. The molecule has 0 N–H and O–H groups in total. The van der Waals surface area contributed by atoms with Gasteiger partial charge in [0.15, 0.2) is 0 Å². The fraction of sp³-hybridized carbons (Fsp3) is 0.476. The first-order valence-corrected chi connectivity index (χ1v) is 9.60. The molecule has 0 saturated carbocycles. The third kappa shape index (κ3) is 3.88. The van der Waals surface area contributed by atoms with Crippen LogP contribution >= 0.6 is 0 Å². The number of aryl methyl sites for hydroxylation is 2. The molecule has 1 aromatic carbocycles. The van der Waals surface area contributed by atoms with Crippen LogP contribution in [0.2, 0.25) is 0 Å². The number of carbonyl (C=O) groups excluding carboxylic acids is 3. The van der Waals surface area contributed by atoms with Gasteiger partial charge in [-0.15, -0.1) is 0 Å². The largest absolute Gasteiger partial charge is 0.347 e. The number of hydrogen-bond donors (Lipinski definition) is 0. The summed E-state index contributed by atoms with van der Waals surface area (Å²) in [5.41, 5.74) is 2.24. The summed E-state index contributed by atoms with van der Waals surface area (Å²) in [4.78, 5) is 42.0. The van der Waals surface area contributed by atoms with Crippen molar-refractivity contribution in [3.05, 3.63) is 36.0 Å². The fourth-order valence-corrected chi connectivity index (χ4v) is 3.91. The van der Waals surface area contributed by atoms with Crippen LogP contribution in [0.25, 0.3) is 10.9 Å². The van der Waals surface area contributed by atoms with E-state index in [0.717, 1.165) is 11.2 Å². The van der Waals surface area contributed by atoms with Crippen molar-refractivity contribution in [2.24, 2.45) is 0 Å². The van der Waals surface area contributed by atoms with Crippen LogP contribution in [0.5, 0.6) is 0 Å². The Labute approximate surface area is 165 Å². The van der Waals surface area contributed by atoms with Crippen LogP contribution in [-0.2, 0) is 20.9 Å². The summed E-state index contributed by atoms with van der Waals surface area (Å²) in [5, 5.41) is 1.17. The summed E-state index contributed by atoms with van der Waals surface area (Å²) < 4.78 is 2.15. The van der Waals surface area contributed by atoms with Gasteiger partial charge < -0.3 is 19.3 Å². The molecule has 0 radical (unpaired) electrons. The van der Waals surface area contributed by atoms with E-state index in [1.807, 2.05) is 19.1 Å². The first kappa shape index (κ1) is 19.9. The highest BCUT2D eigenvalue weighted by Gasteiger charge is 2.36. The second kappa shape index (κ2) is 8.04. The Morgan fingerprint density at radius 2 is 1.86 bits per heavy atom. The van der Waals surface area contributed by atoms with E-state index in [0.29, 0.717) is 26.1 Å². The van der Waals surface area contributed by atoms with Crippen LogP contribution in [-0.4, -0.2) is 76.8 Å². The van der Waals surface area contributed by atoms with Gasteiger partial charge in [-0.25, -0.2) is 0 Å². The molecule has 1 aliphatic rings. The smallest absolute Gasteiger partial charge is 0.246 e. The quantitative estimate of drug-likeness (QED) is 0.802. The van der Waals surface area contributed by atoms with Crippen molar-refractivity contribution in [3.63, 3.8) is 0 Å². The highest BCUT2D eigenvalue weighted by molar-refractivity contribution is 5.88. The second-order valence-electron chi connectivity index (χ2n) is 7.55. The minimum absolute atomic E-state index is 0.0111. The van der Waals surface area contributed by atoms with E-state index in [-0.39, 0.29) is 24.3 Å². The number of amides is 3. The van der Waals surface area contributed by atoms with Crippen LogP contribution < -0.4 is 0 Å². The molecule has 1 atom stereocenters. The maximum absolute atomic E-state index is 12.8. The van der Waals surface area contributed by atoms with Gasteiger partial charge in [0, 0.05) is 58.3 Å². The number of aromatic nitrogens is 1. The Kier molecular flexibility index (Phi) is 5.72. The van der Waals surface area contributed by atoms with Gasteiger partial charge in [0.25, 0.3) is 0 Å². The molecule has 1 saturated heterocycles. The number of hydrogen-bond acceptors (Lipinski definition) is 3. The molecule has 1 fully saturated rings. The fourth-order valence-electron chi connectivity index (χ4n) is 3.91. The number of rotatable bonds is 4. The lowest BCUT2D eigenvalue weighted by molar-refractivity contribution is -0.150. The van der Waals surface area contributed by atoms with Crippen LogP contribution in [0.4, 0.5) is 0 Å². The van der Waals surface area contributed by atoms with Gasteiger partial charge in [0.1, 0.15) is 6.04 Å². The predicted molar refractivity (Wildman–Crippen MR) is 108 cm³/mol. The van der Waals surface area contributed by atoms with Crippen molar-refractivity contribution in [3.8, 4) is 0 Å². The summed E-state index contributed by atoms with van der Waals surface area (Å²) >= 11 is 0. The van der Waals surface area contributed by atoms with Crippen LogP contribution in [0.3, 0.4) is 0 Å². The zero-order chi connectivity index (χ0) is 20.4. The SMILES string of the molecule is CC(=O)N1CCN(C(=O)CCn2c(C)cc3ccccc32)CC1C(=O)N(C)C. The van der Waals surface area contributed by atoms with E-state index in [1.54, 1.807) is 23.9 Å². The predicted octanol–water partition coefficient (Wildman–Crippen LogP) is 1.49. The standard InChI is InChI=1S/C21H28N4O3/c1-15-13-17-7-5-6-8-18(17)24(15)10-9-20(27)23-11-12-25(16(2)26)19(14-23)21(28)22(3)4/h5-8,13,19H,9-12,14H2,1-4H3. The molecular weight excluding hydrogens is 356 g/mol. The van der Waals surface area contributed by atoms with Gasteiger partial charge in [0.05, 0.1) is 6.54 Å². The van der Waals surface area contributed by atoms with E-state index in [1.165, 1.54) is 17.2 Å². The molecule has 1 aliphatic heterocycles. The van der Waals surface area contributed by atoms with Crippen molar-refractivity contribution in [2.75, 3.05) is 33.7 Å². The zero-order valence-electron chi connectivity index (χ0n) is 17.0. The lowest BCUT2D eigenvalue weighted by Crippen LogP contribution is -2.61. The molecule has 0 bridgehead atoms. The molecule has 150 valence electrons. The number of benzene rings is 1. The van der Waals surface area contributed by atoms with Crippen molar-refractivity contribution in [1.82, 2.24) is 19.3 Å². The molecule has 1 aromatic heterocycles. The molecule has 0 spiro atoms. The van der Waals surface area contributed by atoms with Gasteiger partial charge in [-0.3, -0.25) is 14.4 Å². The van der Waals surface area contributed by atoms with Gasteiger partial charge in [-0.1, -0.05) is 18.2 Å². The molecule has 2 aromatic rings. The van der Waals surface area contributed by atoms with Crippen molar-refractivity contribution in [1.29, 1.82) is 0 Å². The number of carbonyl (C=O) groups is 3. The van der Waals surface area contributed by atoms with E-state index in [4.69, 9.17) is 0 Å². The normalized spacial score (nSPS) is 17.1. The lowest BCUT2D eigenvalue weighted by Gasteiger charge is -2.41. The third-order valence-electron chi connectivity index (χ3n) is 5.43. The van der Waals surface area contributed by atoms with Crippen molar-refractivity contribution < 1.29 is 14.4 Å². The monoisotopic (exact) mass is 384 g/mol. The summed E-state index contributed by atoms with van der Waals surface area (Å²) in [6, 6.07) is 9.64. The maximum Gasteiger partial charge on any atom is 0.246 e. The molecular formula is C21H28N4O3. The number of piperazine rings is 1. The highest BCUT2D eigenvalue weighted by atomic mass is 16.2. The Morgan fingerprint density at radius 3 is 2.54 bits per heavy atom. The summed E-state index contributed by atoms with van der Waals surface area (Å²) in [5.74, 6) is -0.279. The molecule has 7 heteroatoms. The van der Waals surface area contributed by atoms with Crippen molar-refractivity contribution in [2.45, 2.75) is 32.9 Å². The number of para-hydroxylation sites is 1. The van der Waals surface area contributed by atoms with Gasteiger partial charge in [0.2, 0.25) is 17.7 Å². The zero-order valence-corrected chi connectivity index (χ0v) is 17.0. The van der Waals surface area contributed by atoms with Crippen molar-refractivity contribution >= 4 is 28.6 Å². The Hall–Kier alpha value is -2.83. The first-order valence-electron chi connectivity index (χ1n) is 9.60. The molecule has 28 heavy (non-hydrogen) atoms. The van der Waals surface area contributed by atoms with Crippen LogP contribution in [0, 0.1) is 6.92 Å². The molecule has 3 rings (SSSR count). The number of likely N-dealkylation sites (N-methyl/N-ethyl adjacent to an activating group) is 1. The minimum Gasteiger partial charge on any atom is -0.347 e. The van der Waals surface area contributed by atoms with Gasteiger partial charge in [-0.05, 0) is 24.4 Å². The van der Waals surface area contributed by atoms with E-state index >= 15 is 0 Å². The molecule has 2 heterocycles. The molecule has 7 nitrogen and oxygen atoms in total. The number of fused-ring (bicyclic) bond motifs is 1.